The van der Waals surface area contributed by atoms with E-state index in [2.05, 4.69) is 10.6 Å². The number of ether oxygens (including phenoxy) is 2. The fraction of sp³-hybridized carbons (Fsp3) is 0.429. The lowest BCUT2D eigenvalue weighted by molar-refractivity contribution is -0.125. The Kier molecular flexibility index (Phi) is 4.45. The quantitative estimate of drug-likeness (QED) is 0.819. The number of carbonyl (C=O) groups excluding carboxylic acids is 2. The van der Waals surface area contributed by atoms with Gasteiger partial charge in [-0.15, -0.1) is 0 Å². The van der Waals surface area contributed by atoms with Gasteiger partial charge in [0.2, 0.25) is 11.8 Å². The Hall–Kier alpha value is -2.24. The first kappa shape index (κ1) is 14.2. The molecule has 0 radical (unpaired) electrons. The van der Waals surface area contributed by atoms with E-state index in [1.165, 1.54) is 7.11 Å². The molecule has 1 aromatic carbocycles. The summed E-state index contributed by atoms with van der Waals surface area (Å²) in [5.74, 6) is 0.899. The minimum Gasteiger partial charge on any atom is -0.497 e. The van der Waals surface area contributed by atoms with Crippen molar-refractivity contribution in [2.24, 2.45) is 5.92 Å². The van der Waals surface area contributed by atoms with E-state index >= 15 is 0 Å². The van der Waals surface area contributed by atoms with Crippen LogP contribution in [0.15, 0.2) is 18.2 Å². The Bertz CT molecular complexity index is 512. The number of rotatable bonds is 6. The Morgan fingerprint density at radius 2 is 2.00 bits per heavy atom. The molecule has 2 N–H and O–H groups in total. The molecule has 2 amide bonds. The molecule has 108 valence electrons. The molecule has 1 aromatic rings. The molecule has 2 rings (SSSR count). The van der Waals surface area contributed by atoms with Gasteiger partial charge >= 0.3 is 0 Å². The first-order valence-corrected chi connectivity index (χ1v) is 6.43. The van der Waals surface area contributed by atoms with Crippen molar-refractivity contribution in [3.63, 3.8) is 0 Å². The van der Waals surface area contributed by atoms with Crippen molar-refractivity contribution >= 4 is 17.5 Å². The van der Waals surface area contributed by atoms with Crippen molar-refractivity contribution in [3.8, 4) is 11.5 Å². The zero-order valence-corrected chi connectivity index (χ0v) is 11.6. The number of amides is 2. The van der Waals surface area contributed by atoms with E-state index in [4.69, 9.17) is 9.47 Å². The fourth-order valence-electron chi connectivity index (χ4n) is 1.75. The summed E-state index contributed by atoms with van der Waals surface area (Å²) in [5, 5.41) is 5.30. The van der Waals surface area contributed by atoms with Crippen LogP contribution in [0.25, 0.3) is 0 Å². The zero-order valence-electron chi connectivity index (χ0n) is 11.6. The number of methoxy groups -OCH3 is 2. The van der Waals surface area contributed by atoms with Crippen LogP contribution in [0, 0.1) is 5.92 Å². The van der Waals surface area contributed by atoms with Crippen LogP contribution in [0.1, 0.15) is 12.8 Å². The molecule has 1 fully saturated rings. The van der Waals surface area contributed by atoms with E-state index in [1.807, 2.05) is 0 Å². The fourth-order valence-corrected chi connectivity index (χ4v) is 1.75. The van der Waals surface area contributed by atoms with Crippen LogP contribution in [-0.2, 0) is 9.59 Å². The largest absolute Gasteiger partial charge is 0.497 e. The molecule has 0 heterocycles. The molecule has 1 saturated carbocycles. The highest BCUT2D eigenvalue weighted by Crippen LogP contribution is 2.29. The molecule has 6 nitrogen and oxygen atoms in total. The van der Waals surface area contributed by atoms with Gasteiger partial charge in [-0.05, 0) is 25.0 Å². The molecule has 0 unspecified atom stereocenters. The minimum absolute atomic E-state index is 0.0372. The Morgan fingerprint density at radius 3 is 2.60 bits per heavy atom. The lowest BCUT2D eigenvalue weighted by Crippen LogP contribution is -2.33. The first-order chi connectivity index (χ1) is 9.63. The summed E-state index contributed by atoms with van der Waals surface area (Å²) in [5.41, 5.74) is 0.541. The van der Waals surface area contributed by atoms with Gasteiger partial charge in [-0.25, -0.2) is 0 Å². The predicted molar refractivity (Wildman–Crippen MR) is 73.9 cm³/mol. The third-order valence-electron chi connectivity index (χ3n) is 3.05. The maximum absolute atomic E-state index is 11.8. The number of anilines is 1. The molecular formula is C14H18N2O4. The Labute approximate surface area is 117 Å². The monoisotopic (exact) mass is 278 g/mol. The van der Waals surface area contributed by atoms with Gasteiger partial charge in [-0.3, -0.25) is 9.59 Å². The van der Waals surface area contributed by atoms with Crippen LogP contribution in [0.5, 0.6) is 11.5 Å². The summed E-state index contributed by atoms with van der Waals surface area (Å²) in [6, 6.07) is 5.09. The van der Waals surface area contributed by atoms with Gasteiger partial charge in [0.05, 0.1) is 26.5 Å². The maximum atomic E-state index is 11.8. The second-order valence-corrected chi connectivity index (χ2v) is 4.61. The lowest BCUT2D eigenvalue weighted by Gasteiger charge is -2.12. The molecule has 0 spiro atoms. The van der Waals surface area contributed by atoms with Crippen LogP contribution in [0.4, 0.5) is 5.69 Å². The van der Waals surface area contributed by atoms with Crippen molar-refractivity contribution < 1.29 is 19.1 Å². The van der Waals surface area contributed by atoms with E-state index in [-0.39, 0.29) is 24.3 Å². The van der Waals surface area contributed by atoms with Crippen molar-refractivity contribution in [1.29, 1.82) is 0 Å². The smallest absolute Gasteiger partial charge is 0.243 e. The predicted octanol–water partition coefficient (Wildman–Crippen LogP) is 1.17. The highest BCUT2D eigenvalue weighted by atomic mass is 16.5. The van der Waals surface area contributed by atoms with Gasteiger partial charge in [0, 0.05) is 12.0 Å². The molecule has 1 aliphatic rings. The van der Waals surface area contributed by atoms with E-state index < -0.39 is 0 Å². The summed E-state index contributed by atoms with van der Waals surface area (Å²) in [7, 11) is 3.07. The molecule has 1 aliphatic carbocycles. The Balaban J connectivity index is 1.91. The standard InChI is InChI=1S/C14H18N2O4/c1-19-10-5-6-11(12(7-10)20-2)16-13(17)8-15-14(18)9-3-4-9/h5-7,9H,3-4,8H2,1-2H3,(H,15,18)(H,16,17). The van der Waals surface area contributed by atoms with Gasteiger partial charge in [0.15, 0.2) is 0 Å². The van der Waals surface area contributed by atoms with Crippen molar-refractivity contribution in [2.45, 2.75) is 12.8 Å². The molecule has 0 atom stereocenters. The highest BCUT2D eigenvalue weighted by Gasteiger charge is 2.29. The molecule has 20 heavy (non-hydrogen) atoms. The molecule has 0 bridgehead atoms. The van der Waals surface area contributed by atoms with Crippen LogP contribution < -0.4 is 20.1 Å². The first-order valence-electron chi connectivity index (χ1n) is 6.43. The van der Waals surface area contributed by atoms with Gasteiger partial charge in [0.25, 0.3) is 0 Å². The summed E-state index contributed by atoms with van der Waals surface area (Å²) >= 11 is 0. The number of benzene rings is 1. The van der Waals surface area contributed by atoms with E-state index in [9.17, 15) is 9.59 Å². The lowest BCUT2D eigenvalue weighted by atomic mass is 10.2. The number of carbonyl (C=O) groups is 2. The molecule has 6 heteroatoms. The summed E-state index contributed by atoms with van der Waals surface area (Å²) in [6.07, 6.45) is 1.83. The average molecular weight is 278 g/mol. The normalized spacial score (nSPS) is 13.5. The minimum atomic E-state index is -0.289. The van der Waals surface area contributed by atoms with E-state index in [0.29, 0.717) is 17.2 Å². The molecular weight excluding hydrogens is 260 g/mol. The molecule has 0 saturated heterocycles. The summed E-state index contributed by atoms with van der Waals surface area (Å²) < 4.78 is 10.3. The Morgan fingerprint density at radius 1 is 1.25 bits per heavy atom. The summed E-state index contributed by atoms with van der Waals surface area (Å²) in [6.45, 7) is -0.0372. The SMILES string of the molecule is COc1ccc(NC(=O)CNC(=O)C2CC2)c(OC)c1. The molecule has 0 aliphatic heterocycles. The van der Waals surface area contributed by atoms with Crippen molar-refractivity contribution in [2.75, 3.05) is 26.1 Å². The van der Waals surface area contributed by atoms with E-state index in [1.54, 1.807) is 25.3 Å². The average Bonchev–Trinajstić information content (AvgIpc) is 3.29. The number of hydrogen-bond donors (Lipinski definition) is 2. The van der Waals surface area contributed by atoms with Crippen LogP contribution >= 0.6 is 0 Å². The van der Waals surface area contributed by atoms with Crippen LogP contribution in [-0.4, -0.2) is 32.6 Å². The van der Waals surface area contributed by atoms with Crippen molar-refractivity contribution in [1.82, 2.24) is 5.32 Å². The second kappa shape index (κ2) is 6.27. The topological polar surface area (TPSA) is 76.7 Å². The number of nitrogens with one attached hydrogen (secondary N) is 2. The third kappa shape index (κ3) is 3.63. The van der Waals surface area contributed by atoms with Gasteiger partial charge in [-0.1, -0.05) is 0 Å². The molecule has 0 aromatic heterocycles. The van der Waals surface area contributed by atoms with Gasteiger partial charge in [-0.2, -0.15) is 0 Å². The maximum Gasteiger partial charge on any atom is 0.243 e. The van der Waals surface area contributed by atoms with E-state index in [0.717, 1.165) is 12.8 Å². The van der Waals surface area contributed by atoms with Crippen molar-refractivity contribution in [3.05, 3.63) is 18.2 Å². The van der Waals surface area contributed by atoms with Crippen LogP contribution in [0.2, 0.25) is 0 Å². The zero-order chi connectivity index (χ0) is 14.5. The van der Waals surface area contributed by atoms with Crippen LogP contribution in [0.3, 0.4) is 0 Å². The third-order valence-corrected chi connectivity index (χ3v) is 3.05. The second-order valence-electron chi connectivity index (χ2n) is 4.61. The van der Waals surface area contributed by atoms with Gasteiger partial charge in [0.1, 0.15) is 11.5 Å². The van der Waals surface area contributed by atoms with Gasteiger partial charge < -0.3 is 20.1 Å². The number of hydrogen-bond acceptors (Lipinski definition) is 4. The summed E-state index contributed by atoms with van der Waals surface area (Å²) in [4.78, 5) is 23.2. The highest BCUT2D eigenvalue weighted by molar-refractivity contribution is 5.96.